The Morgan fingerprint density at radius 2 is 1.52 bits per heavy atom. The number of benzene rings is 2. The molecule has 2 aromatic rings. The van der Waals surface area contributed by atoms with Crippen molar-refractivity contribution in [3.05, 3.63) is 71.3 Å². The first-order valence-corrected chi connectivity index (χ1v) is 8.08. The van der Waals surface area contributed by atoms with E-state index in [9.17, 15) is 19.5 Å². The zero-order valence-electron chi connectivity index (χ0n) is 14.1. The Balaban J connectivity index is 2.08. The highest BCUT2D eigenvalue weighted by atomic mass is 16.3. The second-order valence-electron chi connectivity index (χ2n) is 5.79. The Morgan fingerprint density at radius 3 is 2.08 bits per heavy atom. The monoisotopic (exact) mass is 339 g/mol. The summed E-state index contributed by atoms with van der Waals surface area (Å²) < 4.78 is 0. The molecule has 1 N–H and O–H groups in total. The summed E-state index contributed by atoms with van der Waals surface area (Å²) >= 11 is 0. The summed E-state index contributed by atoms with van der Waals surface area (Å²) in [6.07, 6.45) is 0.0823. The van der Waals surface area contributed by atoms with E-state index in [-0.39, 0.29) is 25.5 Å². The standard InChI is InChI=1S/C20H21NO4/c1-15(23)19(24)13-16-7-9-17(10-8-16)14-21(11-12-22)20(25)18-5-3-2-4-6-18/h2-10,22H,11-14H2,1H3. The number of aliphatic hydroxyl groups is 1. The molecular weight excluding hydrogens is 318 g/mol. The van der Waals surface area contributed by atoms with Crippen LogP contribution in [0.25, 0.3) is 0 Å². The fraction of sp³-hybridized carbons (Fsp3) is 0.250. The minimum Gasteiger partial charge on any atom is -0.395 e. The molecule has 0 aliphatic heterocycles. The van der Waals surface area contributed by atoms with Crippen molar-refractivity contribution >= 4 is 17.5 Å². The van der Waals surface area contributed by atoms with Crippen molar-refractivity contribution < 1.29 is 19.5 Å². The SMILES string of the molecule is CC(=O)C(=O)Cc1ccc(CN(CCO)C(=O)c2ccccc2)cc1. The van der Waals surface area contributed by atoms with Crippen LogP contribution >= 0.6 is 0 Å². The van der Waals surface area contributed by atoms with Crippen LogP contribution in [0.3, 0.4) is 0 Å². The number of carbonyl (C=O) groups excluding carboxylic acids is 3. The number of nitrogens with zero attached hydrogens (tertiary/aromatic N) is 1. The molecule has 0 saturated carbocycles. The van der Waals surface area contributed by atoms with E-state index < -0.39 is 11.6 Å². The van der Waals surface area contributed by atoms with Crippen molar-refractivity contribution in [1.29, 1.82) is 0 Å². The Labute approximate surface area is 146 Å². The van der Waals surface area contributed by atoms with Crippen LogP contribution in [-0.2, 0) is 22.6 Å². The number of amides is 1. The molecule has 0 fully saturated rings. The van der Waals surface area contributed by atoms with Crippen molar-refractivity contribution in [2.45, 2.75) is 19.9 Å². The lowest BCUT2D eigenvalue weighted by molar-refractivity contribution is -0.134. The van der Waals surface area contributed by atoms with Crippen LogP contribution in [-0.4, -0.2) is 40.6 Å². The first kappa shape index (κ1) is 18.5. The third kappa shape index (κ3) is 5.36. The van der Waals surface area contributed by atoms with Crippen LogP contribution in [0.15, 0.2) is 54.6 Å². The molecule has 130 valence electrons. The van der Waals surface area contributed by atoms with Crippen molar-refractivity contribution in [1.82, 2.24) is 4.90 Å². The first-order chi connectivity index (χ1) is 12.0. The Morgan fingerprint density at radius 1 is 0.920 bits per heavy atom. The van der Waals surface area contributed by atoms with Gasteiger partial charge in [-0.15, -0.1) is 0 Å². The highest BCUT2D eigenvalue weighted by Crippen LogP contribution is 2.12. The van der Waals surface area contributed by atoms with Crippen LogP contribution in [0.2, 0.25) is 0 Å². The van der Waals surface area contributed by atoms with Crippen LogP contribution < -0.4 is 0 Å². The zero-order chi connectivity index (χ0) is 18.2. The Kier molecular flexibility index (Phi) is 6.60. The predicted molar refractivity (Wildman–Crippen MR) is 94.1 cm³/mol. The fourth-order valence-electron chi connectivity index (χ4n) is 2.43. The largest absolute Gasteiger partial charge is 0.395 e. The topological polar surface area (TPSA) is 74.7 Å². The molecule has 0 atom stereocenters. The molecule has 0 unspecified atom stereocenters. The van der Waals surface area contributed by atoms with Gasteiger partial charge in [0, 0.05) is 32.0 Å². The normalized spacial score (nSPS) is 10.3. The molecule has 25 heavy (non-hydrogen) atoms. The Hall–Kier alpha value is -2.79. The van der Waals surface area contributed by atoms with Gasteiger partial charge >= 0.3 is 0 Å². The molecule has 2 aromatic carbocycles. The van der Waals surface area contributed by atoms with Crippen molar-refractivity contribution in [3.63, 3.8) is 0 Å². The van der Waals surface area contributed by atoms with Crippen molar-refractivity contribution in [3.8, 4) is 0 Å². The van der Waals surface area contributed by atoms with Crippen LogP contribution in [0.1, 0.15) is 28.4 Å². The molecule has 5 heteroatoms. The summed E-state index contributed by atoms with van der Waals surface area (Å²) in [5.41, 5.74) is 2.21. The summed E-state index contributed by atoms with van der Waals surface area (Å²) in [5.74, 6) is -1.02. The maximum absolute atomic E-state index is 12.6. The highest BCUT2D eigenvalue weighted by molar-refractivity contribution is 6.36. The van der Waals surface area contributed by atoms with Gasteiger partial charge in [0.05, 0.1) is 6.61 Å². The number of hydrogen-bond donors (Lipinski definition) is 1. The van der Waals surface area contributed by atoms with Gasteiger partial charge in [0.1, 0.15) is 0 Å². The molecular formula is C20H21NO4. The molecule has 0 bridgehead atoms. The molecule has 0 heterocycles. The van der Waals surface area contributed by atoms with E-state index >= 15 is 0 Å². The Bertz CT molecular complexity index is 738. The summed E-state index contributed by atoms with van der Waals surface area (Å²) in [4.78, 5) is 36.6. The number of aliphatic hydroxyl groups excluding tert-OH is 1. The van der Waals surface area contributed by atoms with Gasteiger partial charge in [-0.3, -0.25) is 14.4 Å². The lowest BCUT2D eigenvalue weighted by Crippen LogP contribution is -2.33. The molecule has 0 radical (unpaired) electrons. The predicted octanol–water partition coefficient (Wildman–Crippen LogP) is 2.02. The van der Waals surface area contributed by atoms with E-state index in [1.165, 1.54) is 6.92 Å². The number of hydrogen-bond acceptors (Lipinski definition) is 4. The van der Waals surface area contributed by atoms with E-state index in [0.29, 0.717) is 12.1 Å². The third-order valence-corrected chi connectivity index (χ3v) is 3.83. The van der Waals surface area contributed by atoms with Gasteiger partial charge in [-0.1, -0.05) is 42.5 Å². The van der Waals surface area contributed by atoms with Gasteiger partial charge in [0.25, 0.3) is 5.91 Å². The van der Waals surface area contributed by atoms with E-state index in [1.54, 1.807) is 41.3 Å². The second kappa shape index (κ2) is 8.89. The second-order valence-corrected chi connectivity index (χ2v) is 5.79. The average molecular weight is 339 g/mol. The maximum Gasteiger partial charge on any atom is 0.254 e. The smallest absolute Gasteiger partial charge is 0.254 e. The van der Waals surface area contributed by atoms with Gasteiger partial charge < -0.3 is 10.0 Å². The molecule has 1 amide bonds. The number of rotatable bonds is 8. The minimum absolute atomic E-state index is 0.0823. The summed E-state index contributed by atoms with van der Waals surface area (Å²) in [6, 6.07) is 16.1. The molecule has 5 nitrogen and oxygen atoms in total. The zero-order valence-corrected chi connectivity index (χ0v) is 14.1. The number of carbonyl (C=O) groups is 3. The van der Waals surface area contributed by atoms with Crippen LogP contribution in [0, 0.1) is 0 Å². The van der Waals surface area contributed by atoms with E-state index in [1.807, 2.05) is 18.2 Å². The molecule has 2 rings (SSSR count). The van der Waals surface area contributed by atoms with Gasteiger partial charge in [-0.2, -0.15) is 0 Å². The molecule has 0 aliphatic rings. The van der Waals surface area contributed by atoms with Crippen molar-refractivity contribution in [2.24, 2.45) is 0 Å². The molecule has 0 aromatic heterocycles. The maximum atomic E-state index is 12.6. The van der Waals surface area contributed by atoms with E-state index in [0.717, 1.165) is 11.1 Å². The summed E-state index contributed by atoms with van der Waals surface area (Å²) in [7, 11) is 0. The van der Waals surface area contributed by atoms with E-state index in [4.69, 9.17) is 0 Å². The van der Waals surface area contributed by atoms with Gasteiger partial charge in [-0.25, -0.2) is 0 Å². The molecule has 0 saturated heterocycles. The quantitative estimate of drug-likeness (QED) is 0.747. The van der Waals surface area contributed by atoms with Crippen molar-refractivity contribution in [2.75, 3.05) is 13.2 Å². The number of Topliss-reactive ketones (excluding diaryl/α,β-unsaturated/α-hetero) is 2. The number of ketones is 2. The van der Waals surface area contributed by atoms with E-state index in [2.05, 4.69) is 0 Å². The first-order valence-electron chi connectivity index (χ1n) is 8.08. The lowest BCUT2D eigenvalue weighted by Gasteiger charge is -2.22. The fourth-order valence-corrected chi connectivity index (χ4v) is 2.43. The molecule has 0 aliphatic carbocycles. The minimum atomic E-state index is -0.452. The average Bonchev–Trinajstić information content (AvgIpc) is 2.63. The van der Waals surface area contributed by atoms with Crippen LogP contribution in [0.5, 0.6) is 0 Å². The summed E-state index contributed by atoms with van der Waals surface area (Å²) in [5, 5.41) is 9.24. The molecule has 0 spiro atoms. The van der Waals surface area contributed by atoms with Crippen LogP contribution in [0.4, 0.5) is 0 Å². The lowest BCUT2D eigenvalue weighted by atomic mass is 10.0. The third-order valence-electron chi connectivity index (χ3n) is 3.83. The van der Waals surface area contributed by atoms with Gasteiger partial charge in [0.15, 0.2) is 5.78 Å². The van der Waals surface area contributed by atoms with Gasteiger partial charge in [0.2, 0.25) is 5.78 Å². The van der Waals surface area contributed by atoms with Gasteiger partial charge in [-0.05, 0) is 23.3 Å². The highest BCUT2D eigenvalue weighted by Gasteiger charge is 2.15. The summed E-state index contributed by atoms with van der Waals surface area (Å²) in [6.45, 7) is 1.73.